The second kappa shape index (κ2) is 6.89. The minimum Gasteiger partial charge on any atom is -0.480 e. The Kier molecular flexibility index (Phi) is 5.81. The van der Waals surface area contributed by atoms with Crippen LogP contribution in [0.5, 0.6) is 0 Å². The maximum Gasteiger partial charge on any atom is 0.327 e. The summed E-state index contributed by atoms with van der Waals surface area (Å²) in [6.07, 6.45) is 1.68. The summed E-state index contributed by atoms with van der Waals surface area (Å²) < 4.78 is 0. The number of hydrogen-bond donors (Lipinski definition) is 2. The number of nitrogens with one attached hydrogen (secondary N) is 1. The van der Waals surface area contributed by atoms with Gasteiger partial charge >= 0.3 is 12.0 Å². The van der Waals surface area contributed by atoms with Crippen molar-refractivity contribution in [3.63, 3.8) is 0 Å². The lowest BCUT2D eigenvalue weighted by molar-refractivity contribution is -0.141. The van der Waals surface area contributed by atoms with E-state index in [4.69, 9.17) is 16.7 Å². The standard InChI is InChI=1S/C11H17ClN2O3S/c1-3-4-9-14(8(6-18-9)10(15)16)11(17)13-5-7(2)12/h8-9H,2-6H2,1H3,(H,13,17)(H,15,16). The van der Waals surface area contributed by atoms with Crippen LogP contribution in [0.1, 0.15) is 19.8 Å². The Morgan fingerprint density at radius 1 is 1.61 bits per heavy atom. The number of aliphatic carboxylic acids is 1. The molecule has 2 amide bonds. The molecule has 0 bridgehead atoms. The van der Waals surface area contributed by atoms with Gasteiger partial charge in [-0.2, -0.15) is 0 Å². The van der Waals surface area contributed by atoms with Crippen LogP contribution in [0, 0.1) is 0 Å². The first kappa shape index (κ1) is 15.2. The summed E-state index contributed by atoms with van der Waals surface area (Å²) in [6.45, 7) is 5.62. The number of nitrogens with zero attached hydrogens (tertiary/aromatic N) is 1. The molecule has 1 aliphatic rings. The zero-order valence-electron chi connectivity index (χ0n) is 10.2. The van der Waals surface area contributed by atoms with Crippen LogP contribution in [0.25, 0.3) is 0 Å². The highest BCUT2D eigenvalue weighted by Gasteiger charge is 2.41. The molecule has 0 aliphatic carbocycles. The summed E-state index contributed by atoms with van der Waals surface area (Å²) in [5.74, 6) is -0.546. The molecule has 1 rings (SSSR count). The molecule has 18 heavy (non-hydrogen) atoms. The highest BCUT2D eigenvalue weighted by Crippen LogP contribution is 2.32. The quantitative estimate of drug-likeness (QED) is 0.814. The van der Waals surface area contributed by atoms with Crippen LogP contribution in [-0.2, 0) is 4.79 Å². The Morgan fingerprint density at radius 3 is 2.78 bits per heavy atom. The van der Waals surface area contributed by atoms with Crippen LogP contribution in [0.4, 0.5) is 4.79 Å². The van der Waals surface area contributed by atoms with E-state index in [9.17, 15) is 9.59 Å². The molecule has 0 spiro atoms. The molecule has 1 saturated heterocycles. The van der Waals surface area contributed by atoms with Crippen LogP contribution < -0.4 is 5.32 Å². The molecule has 0 aromatic rings. The highest BCUT2D eigenvalue weighted by atomic mass is 35.5. The lowest BCUT2D eigenvalue weighted by Gasteiger charge is -2.27. The second-order valence-electron chi connectivity index (χ2n) is 4.01. The number of rotatable bonds is 5. The highest BCUT2D eigenvalue weighted by molar-refractivity contribution is 8.00. The predicted octanol–water partition coefficient (Wildman–Crippen LogP) is 2.08. The molecular weight excluding hydrogens is 276 g/mol. The Bertz CT molecular complexity index is 351. The van der Waals surface area contributed by atoms with Crippen LogP contribution in [0.15, 0.2) is 11.6 Å². The summed E-state index contributed by atoms with van der Waals surface area (Å²) in [5, 5.41) is 11.9. The average molecular weight is 293 g/mol. The Labute approximate surface area is 116 Å². The van der Waals surface area contributed by atoms with E-state index in [1.165, 1.54) is 16.7 Å². The minimum atomic E-state index is -0.971. The van der Waals surface area contributed by atoms with Gasteiger partial charge in [-0.3, -0.25) is 4.90 Å². The molecule has 5 nitrogen and oxygen atoms in total. The largest absolute Gasteiger partial charge is 0.480 e. The average Bonchev–Trinajstić information content (AvgIpc) is 2.70. The summed E-state index contributed by atoms with van der Waals surface area (Å²) in [5.41, 5.74) is 0. The van der Waals surface area contributed by atoms with Crippen LogP contribution in [-0.4, -0.2) is 45.7 Å². The van der Waals surface area contributed by atoms with Crippen molar-refractivity contribution < 1.29 is 14.7 Å². The monoisotopic (exact) mass is 292 g/mol. The Hall–Kier alpha value is -0.880. The molecule has 0 aromatic carbocycles. The number of urea groups is 1. The fourth-order valence-corrected chi connectivity index (χ4v) is 3.34. The van der Waals surface area contributed by atoms with Gasteiger partial charge in [0.15, 0.2) is 0 Å². The first-order valence-electron chi connectivity index (χ1n) is 5.71. The van der Waals surface area contributed by atoms with E-state index in [0.29, 0.717) is 10.8 Å². The third-order valence-electron chi connectivity index (χ3n) is 2.58. The minimum absolute atomic E-state index is 0.0836. The summed E-state index contributed by atoms with van der Waals surface area (Å²) in [7, 11) is 0. The van der Waals surface area contributed by atoms with E-state index in [2.05, 4.69) is 11.9 Å². The molecule has 2 atom stereocenters. The fourth-order valence-electron chi connectivity index (χ4n) is 1.76. The van der Waals surface area contributed by atoms with E-state index < -0.39 is 18.0 Å². The molecule has 102 valence electrons. The van der Waals surface area contributed by atoms with Crippen molar-refractivity contribution in [3.05, 3.63) is 11.6 Å². The third kappa shape index (κ3) is 3.81. The van der Waals surface area contributed by atoms with Crippen LogP contribution >= 0.6 is 23.4 Å². The van der Waals surface area contributed by atoms with Crippen molar-refractivity contribution in [2.24, 2.45) is 0 Å². The van der Waals surface area contributed by atoms with Crippen LogP contribution in [0.2, 0.25) is 0 Å². The van der Waals surface area contributed by atoms with Crippen molar-refractivity contribution in [2.75, 3.05) is 12.3 Å². The zero-order valence-corrected chi connectivity index (χ0v) is 11.8. The number of carbonyl (C=O) groups excluding carboxylic acids is 1. The van der Waals surface area contributed by atoms with Gasteiger partial charge in [-0.05, 0) is 6.42 Å². The molecule has 0 saturated carbocycles. The van der Waals surface area contributed by atoms with E-state index in [0.717, 1.165) is 12.8 Å². The number of halogens is 1. The number of carboxylic acids is 1. The maximum absolute atomic E-state index is 12.0. The summed E-state index contributed by atoms with van der Waals surface area (Å²) >= 11 is 7.08. The maximum atomic E-state index is 12.0. The number of amides is 2. The van der Waals surface area contributed by atoms with E-state index in [1.807, 2.05) is 6.92 Å². The number of hydrogen-bond acceptors (Lipinski definition) is 3. The molecular formula is C11H17ClN2O3S. The Morgan fingerprint density at radius 2 is 2.28 bits per heavy atom. The first-order chi connectivity index (χ1) is 8.47. The molecule has 1 aliphatic heterocycles. The molecule has 1 heterocycles. The second-order valence-corrected chi connectivity index (χ2v) is 5.76. The zero-order chi connectivity index (χ0) is 13.7. The predicted molar refractivity (Wildman–Crippen MR) is 72.8 cm³/mol. The van der Waals surface area contributed by atoms with Gasteiger partial charge in [0.25, 0.3) is 0 Å². The Balaban J connectivity index is 2.72. The van der Waals surface area contributed by atoms with Crippen LogP contribution in [0.3, 0.4) is 0 Å². The SMILES string of the molecule is C=C(Cl)CNC(=O)N1C(CCC)SCC1C(=O)O. The summed E-state index contributed by atoms with van der Waals surface area (Å²) in [4.78, 5) is 24.5. The van der Waals surface area contributed by atoms with Crippen molar-refractivity contribution in [2.45, 2.75) is 31.2 Å². The molecule has 2 N–H and O–H groups in total. The van der Waals surface area contributed by atoms with Gasteiger partial charge in [0.05, 0.1) is 11.9 Å². The van der Waals surface area contributed by atoms with Gasteiger partial charge in [-0.25, -0.2) is 9.59 Å². The number of carboxylic acid groups (broad SMARTS) is 1. The smallest absolute Gasteiger partial charge is 0.327 e. The van der Waals surface area contributed by atoms with E-state index in [1.54, 1.807) is 0 Å². The number of carbonyl (C=O) groups is 2. The lowest BCUT2D eigenvalue weighted by atomic mass is 10.2. The van der Waals surface area contributed by atoms with Crippen molar-refractivity contribution in [3.8, 4) is 0 Å². The topological polar surface area (TPSA) is 69.6 Å². The first-order valence-corrected chi connectivity index (χ1v) is 7.13. The normalized spacial score (nSPS) is 22.9. The van der Waals surface area contributed by atoms with Gasteiger partial charge in [0.2, 0.25) is 0 Å². The van der Waals surface area contributed by atoms with Crippen molar-refractivity contribution in [1.82, 2.24) is 10.2 Å². The van der Waals surface area contributed by atoms with Crippen molar-refractivity contribution in [1.29, 1.82) is 0 Å². The molecule has 7 heteroatoms. The van der Waals surface area contributed by atoms with Gasteiger partial charge in [-0.15, -0.1) is 11.8 Å². The van der Waals surface area contributed by atoms with E-state index >= 15 is 0 Å². The van der Waals surface area contributed by atoms with Gasteiger partial charge < -0.3 is 10.4 Å². The summed E-state index contributed by atoms with van der Waals surface area (Å²) in [6, 6.07) is -1.16. The third-order valence-corrected chi connectivity index (χ3v) is 4.07. The molecule has 1 fully saturated rings. The van der Waals surface area contributed by atoms with Crippen molar-refractivity contribution >= 4 is 35.4 Å². The van der Waals surface area contributed by atoms with Gasteiger partial charge in [-0.1, -0.05) is 31.5 Å². The number of thioether (sulfide) groups is 1. The van der Waals surface area contributed by atoms with E-state index in [-0.39, 0.29) is 11.9 Å². The van der Waals surface area contributed by atoms with Gasteiger partial charge in [0.1, 0.15) is 6.04 Å². The lowest BCUT2D eigenvalue weighted by Crippen LogP contribution is -2.50. The molecule has 0 radical (unpaired) electrons. The molecule has 2 unspecified atom stereocenters. The fraction of sp³-hybridized carbons (Fsp3) is 0.636. The molecule has 0 aromatic heterocycles. The van der Waals surface area contributed by atoms with Gasteiger partial charge in [0, 0.05) is 10.8 Å².